The number of amides is 1. The predicted molar refractivity (Wildman–Crippen MR) is 79.7 cm³/mol. The quantitative estimate of drug-likeness (QED) is 0.883. The topological polar surface area (TPSA) is 73.1 Å². The Hall–Kier alpha value is -2.32. The van der Waals surface area contributed by atoms with Crippen LogP contribution in [0.3, 0.4) is 0 Å². The highest BCUT2D eigenvalue weighted by atomic mass is 79.9. The predicted octanol–water partition coefficient (Wildman–Crippen LogP) is 3.59. The van der Waals surface area contributed by atoms with Crippen LogP contribution in [-0.4, -0.2) is 11.0 Å². The van der Waals surface area contributed by atoms with Gasteiger partial charge >= 0.3 is 0 Å². The summed E-state index contributed by atoms with van der Waals surface area (Å²) in [5.41, 5.74) is 1.82. The number of rotatable bonds is 2. The van der Waals surface area contributed by atoms with Gasteiger partial charge in [0.15, 0.2) is 0 Å². The fourth-order valence-corrected chi connectivity index (χ4v) is 2.02. The third kappa shape index (κ3) is 2.98. The molecule has 1 amide bonds. The summed E-state index contributed by atoms with van der Waals surface area (Å²) in [6.45, 7) is 1.75. The first kappa shape index (κ1) is 14.1. The maximum Gasteiger partial charge on any atom is 0.255 e. The van der Waals surface area contributed by atoms with Crippen LogP contribution in [0.4, 0.5) is 5.69 Å². The molecule has 0 aliphatic heterocycles. The van der Waals surface area contributed by atoms with Crippen LogP contribution in [0.25, 0.3) is 0 Å². The lowest BCUT2D eigenvalue weighted by atomic mass is 10.1. The maximum atomic E-state index is 12.1. The number of hydrogen-bond donors (Lipinski definition) is 2. The number of phenols is 1. The van der Waals surface area contributed by atoms with Gasteiger partial charge < -0.3 is 10.4 Å². The molecule has 5 heteroatoms. The molecule has 0 spiro atoms. The van der Waals surface area contributed by atoms with Crippen molar-refractivity contribution >= 4 is 27.5 Å². The minimum absolute atomic E-state index is 0.0624. The summed E-state index contributed by atoms with van der Waals surface area (Å²) in [5, 5.41) is 21.3. The Kier molecular flexibility index (Phi) is 4.06. The second-order valence-corrected chi connectivity index (χ2v) is 5.17. The van der Waals surface area contributed by atoms with Gasteiger partial charge in [-0.25, -0.2) is 0 Å². The smallest absolute Gasteiger partial charge is 0.255 e. The van der Waals surface area contributed by atoms with Crippen LogP contribution in [0.1, 0.15) is 21.5 Å². The molecule has 0 atom stereocenters. The average molecular weight is 331 g/mol. The van der Waals surface area contributed by atoms with E-state index in [-0.39, 0.29) is 11.7 Å². The summed E-state index contributed by atoms with van der Waals surface area (Å²) in [5.74, 6) is -0.317. The van der Waals surface area contributed by atoms with Crippen molar-refractivity contribution in [3.05, 3.63) is 57.6 Å². The molecule has 2 N–H and O–H groups in total. The summed E-state index contributed by atoms with van der Waals surface area (Å²) in [6, 6.07) is 11.7. The molecule has 0 radical (unpaired) electrons. The molecule has 0 saturated carbocycles. The Balaban J connectivity index is 2.30. The molecule has 0 aromatic heterocycles. The Labute approximate surface area is 124 Å². The Morgan fingerprint density at radius 1 is 1.30 bits per heavy atom. The van der Waals surface area contributed by atoms with Gasteiger partial charge in [-0.3, -0.25) is 4.79 Å². The lowest BCUT2D eigenvalue weighted by Crippen LogP contribution is -2.12. The van der Waals surface area contributed by atoms with E-state index in [0.29, 0.717) is 22.4 Å². The number of phenolic OH excluding ortho intramolecular Hbond substituents is 1. The molecule has 0 heterocycles. The van der Waals surface area contributed by atoms with E-state index >= 15 is 0 Å². The van der Waals surface area contributed by atoms with Crippen LogP contribution in [0, 0.1) is 18.3 Å². The first-order valence-electron chi connectivity index (χ1n) is 5.82. The number of nitrogens with zero attached hydrogens (tertiary/aromatic N) is 1. The third-order valence-electron chi connectivity index (χ3n) is 2.82. The zero-order chi connectivity index (χ0) is 14.7. The first-order valence-corrected chi connectivity index (χ1v) is 6.61. The first-order chi connectivity index (χ1) is 9.51. The summed E-state index contributed by atoms with van der Waals surface area (Å²) >= 11 is 3.29. The van der Waals surface area contributed by atoms with Gasteiger partial charge in [-0.2, -0.15) is 5.26 Å². The van der Waals surface area contributed by atoms with Crippen LogP contribution in [0.15, 0.2) is 40.9 Å². The number of anilines is 1. The molecule has 0 fully saturated rings. The SMILES string of the molecule is Cc1ccc(C(=O)Nc2cc(Br)ccc2C#N)cc1O. The average Bonchev–Trinajstić information content (AvgIpc) is 2.42. The van der Waals surface area contributed by atoms with E-state index in [1.54, 1.807) is 37.3 Å². The lowest BCUT2D eigenvalue weighted by Gasteiger charge is -2.08. The van der Waals surface area contributed by atoms with Crippen LogP contribution in [0.5, 0.6) is 5.75 Å². The minimum atomic E-state index is -0.380. The third-order valence-corrected chi connectivity index (χ3v) is 3.31. The van der Waals surface area contributed by atoms with Crippen molar-refractivity contribution < 1.29 is 9.90 Å². The monoisotopic (exact) mass is 330 g/mol. The van der Waals surface area contributed by atoms with Gasteiger partial charge in [0.1, 0.15) is 11.8 Å². The number of carbonyl (C=O) groups is 1. The van der Waals surface area contributed by atoms with Crippen LogP contribution < -0.4 is 5.32 Å². The van der Waals surface area contributed by atoms with Crippen LogP contribution >= 0.6 is 15.9 Å². The molecule has 0 aliphatic rings. The van der Waals surface area contributed by atoms with Crippen molar-refractivity contribution in [3.63, 3.8) is 0 Å². The van der Waals surface area contributed by atoms with Crippen molar-refractivity contribution in [1.82, 2.24) is 0 Å². The van der Waals surface area contributed by atoms with Gasteiger partial charge in [0, 0.05) is 10.0 Å². The molecule has 20 heavy (non-hydrogen) atoms. The van der Waals surface area contributed by atoms with E-state index in [2.05, 4.69) is 21.2 Å². The normalized spacial score (nSPS) is 9.85. The molecule has 0 bridgehead atoms. The Morgan fingerprint density at radius 2 is 2.05 bits per heavy atom. The Morgan fingerprint density at radius 3 is 2.70 bits per heavy atom. The molecule has 100 valence electrons. The number of benzene rings is 2. The largest absolute Gasteiger partial charge is 0.508 e. The fraction of sp³-hybridized carbons (Fsp3) is 0.0667. The number of aryl methyl sites for hydroxylation is 1. The summed E-state index contributed by atoms with van der Waals surface area (Å²) < 4.78 is 0.763. The van der Waals surface area contributed by atoms with Crippen molar-refractivity contribution in [3.8, 4) is 11.8 Å². The van der Waals surface area contributed by atoms with Gasteiger partial charge in [-0.05, 0) is 42.8 Å². The maximum absolute atomic E-state index is 12.1. The van der Waals surface area contributed by atoms with E-state index in [9.17, 15) is 9.90 Å². The molecule has 0 saturated heterocycles. The standard InChI is InChI=1S/C15H11BrN2O2/c1-9-2-3-10(6-14(9)19)15(20)18-13-7-12(16)5-4-11(13)8-17/h2-7,19H,1H3,(H,18,20). The number of aromatic hydroxyl groups is 1. The zero-order valence-corrected chi connectivity index (χ0v) is 12.2. The second kappa shape index (κ2) is 5.76. The number of carbonyl (C=O) groups excluding carboxylic acids is 1. The van der Waals surface area contributed by atoms with Crippen molar-refractivity contribution in [2.75, 3.05) is 5.32 Å². The van der Waals surface area contributed by atoms with Gasteiger partial charge in [-0.1, -0.05) is 22.0 Å². The van der Waals surface area contributed by atoms with E-state index < -0.39 is 0 Å². The fourth-order valence-electron chi connectivity index (χ4n) is 1.66. The van der Waals surface area contributed by atoms with Gasteiger partial charge in [0.2, 0.25) is 0 Å². The molecule has 4 nitrogen and oxygen atoms in total. The summed E-state index contributed by atoms with van der Waals surface area (Å²) in [7, 11) is 0. The molecule has 2 aromatic carbocycles. The Bertz CT molecular complexity index is 720. The molecule has 2 rings (SSSR count). The molecule has 0 aliphatic carbocycles. The van der Waals surface area contributed by atoms with Crippen molar-refractivity contribution in [1.29, 1.82) is 5.26 Å². The van der Waals surface area contributed by atoms with Gasteiger partial charge in [0.05, 0.1) is 11.3 Å². The molecule has 2 aromatic rings. The van der Waals surface area contributed by atoms with Crippen LogP contribution in [-0.2, 0) is 0 Å². The number of halogens is 1. The zero-order valence-electron chi connectivity index (χ0n) is 10.6. The van der Waals surface area contributed by atoms with Crippen LogP contribution in [0.2, 0.25) is 0 Å². The van der Waals surface area contributed by atoms with E-state index in [1.165, 1.54) is 6.07 Å². The van der Waals surface area contributed by atoms with Gasteiger partial charge in [-0.15, -0.1) is 0 Å². The number of nitriles is 1. The summed E-state index contributed by atoms with van der Waals surface area (Å²) in [6.07, 6.45) is 0. The number of nitrogens with one attached hydrogen (secondary N) is 1. The molecule has 0 unspecified atom stereocenters. The molecular weight excluding hydrogens is 320 g/mol. The van der Waals surface area contributed by atoms with E-state index in [4.69, 9.17) is 5.26 Å². The van der Waals surface area contributed by atoms with Crippen molar-refractivity contribution in [2.45, 2.75) is 6.92 Å². The second-order valence-electron chi connectivity index (χ2n) is 4.26. The lowest BCUT2D eigenvalue weighted by molar-refractivity contribution is 0.102. The van der Waals surface area contributed by atoms with Crippen molar-refractivity contribution in [2.24, 2.45) is 0 Å². The van der Waals surface area contributed by atoms with E-state index in [0.717, 1.165) is 4.47 Å². The molecular formula is C15H11BrN2O2. The number of hydrogen-bond acceptors (Lipinski definition) is 3. The van der Waals surface area contributed by atoms with Gasteiger partial charge in [0.25, 0.3) is 5.91 Å². The minimum Gasteiger partial charge on any atom is -0.508 e. The highest BCUT2D eigenvalue weighted by Gasteiger charge is 2.11. The highest BCUT2D eigenvalue weighted by Crippen LogP contribution is 2.23. The summed E-state index contributed by atoms with van der Waals surface area (Å²) in [4.78, 5) is 12.1. The van der Waals surface area contributed by atoms with E-state index in [1.807, 2.05) is 6.07 Å². The highest BCUT2D eigenvalue weighted by molar-refractivity contribution is 9.10.